The lowest BCUT2D eigenvalue weighted by Crippen LogP contribution is -2.41. The van der Waals surface area contributed by atoms with Gasteiger partial charge in [-0.25, -0.2) is 8.42 Å². The molecule has 1 aliphatic carbocycles. The second-order valence-electron chi connectivity index (χ2n) is 6.71. The molecule has 0 heterocycles. The zero-order chi connectivity index (χ0) is 18.4. The van der Waals surface area contributed by atoms with Crippen molar-refractivity contribution in [3.63, 3.8) is 0 Å². The Balaban J connectivity index is 1.92. The van der Waals surface area contributed by atoms with Gasteiger partial charge in [0, 0.05) is 0 Å². The Morgan fingerprint density at radius 1 is 1.44 bits per heavy atom. The fourth-order valence-corrected chi connectivity index (χ4v) is 4.24. The molecule has 3 atom stereocenters. The Kier molecular flexibility index (Phi) is 6.57. The third-order valence-electron chi connectivity index (χ3n) is 4.32. The summed E-state index contributed by atoms with van der Waals surface area (Å²) in [6.07, 6.45) is 3.20. The number of nitrogens with one attached hydrogen (secondary N) is 1. The van der Waals surface area contributed by atoms with Gasteiger partial charge in [-0.1, -0.05) is 31.9 Å². The monoisotopic (exact) mass is 364 g/mol. The lowest BCUT2D eigenvalue weighted by molar-refractivity contribution is -0.135. The van der Waals surface area contributed by atoms with Crippen LogP contribution in [0.1, 0.15) is 50.7 Å². The van der Waals surface area contributed by atoms with E-state index in [-0.39, 0.29) is 11.9 Å². The average molecular weight is 364 g/mol. The summed E-state index contributed by atoms with van der Waals surface area (Å²) in [5.74, 6) is -0.457. The number of nitriles is 1. The smallest absolute Gasteiger partial charge is 0.262 e. The maximum atomic E-state index is 12.2. The largest absolute Gasteiger partial charge is 0.365 e. The van der Waals surface area contributed by atoms with Gasteiger partial charge in [-0.15, -0.1) is 0 Å². The number of sulfonamides is 1. The van der Waals surface area contributed by atoms with E-state index in [9.17, 15) is 13.2 Å². The van der Waals surface area contributed by atoms with Crippen LogP contribution in [0.5, 0.6) is 0 Å². The highest BCUT2D eigenvalue weighted by Crippen LogP contribution is 2.26. The minimum Gasteiger partial charge on any atom is -0.365 e. The molecule has 0 unspecified atom stereocenters. The minimum atomic E-state index is -3.84. The van der Waals surface area contributed by atoms with Crippen LogP contribution in [0.25, 0.3) is 0 Å². The van der Waals surface area contributed by atoms with E-state index in [1.165, 1.54) is 6.07 Å². The molecule has 0 aromatic heterocycles. The Morgan fingerprint density at radius 2 is 2.20 bits per heavy atom. The van der Waals surface area contributed by atoms with E-state index in [1.54, 1.807) is 25.1 Å². The summed E-state index contributed by atoms with van der Waals surface area (Å²) in [4.78, 5) is 12.2. The van der Waals surface area contributed by atoms with Crippen molar-refractivity contribution >= 4 is 15.9 Å². The maximum Gasteiger partial charge on any atom is 0.262 e. The van der Waals surface area contributed by atoms with Gasteiger partial charge in [0.05, 0.1) is 23.5 Å². The van der Waals surface area contributed by atoms with Crippen molar-refractivity contribution in [2.45, 2.75) is 57.5 Å². The molecule has 0 saturated heterocycles. The third-order valence-corrected chi connectivity index (χ3v) is 5.55. The molecule has 136 valence electrons. The van der Waals surface area contributed by atoms with E-state index in [0.717, 1.165) is 25.7 Å². The normalized spacial score (nSPS) is 22.0. The zero-order valence-electron chi connectivity index (χ0n) is 14.6. The van der Waals surface area contributed by atoms with Crippen LogP contribution in [0.3, 0.4) is 0 Å². The van der Waals surface area contributed by atoms with Gasteiger partial charge in [0.25, 0.3) is 5.91 Å². The Hall–Kier alpha value is -1.91. The van der Waals surface area contributed by atoms with Crippen LogP contribution in [0, 0.1) is 17.2 Å². The molecule has 1 amide bonds. The van der Waals surface area contributed by atoms with Gasteiger partial charge in [-0.05, 0) is 43.4 Å². The summed E-state index contributed by atoms with van der Waals surface area (Å²) in [6, 6.07) is 8.26. The Bertz CT molecular complexity index is 755. The molecule has 1 aromatic rings. The quantitative estimate of drug-likeness (QED) is 0.836. The van der Waals surface area contributed by atoms with Gasteiger partial charge >= 0.3 is 0 Å². The molecular formula is C18H24N2O4S. The van der Waals surface area contributed by atoms with Crippen LogP contribution >= 0.6 is 0 Å². The highest BCUT2D eigenvalue weighted by atomic mass is 32.2. The second kappa shape index (κ2) is 8.45. The SMILES string of the molecule is C[C@@H]1CCC[C@@H](O[C@@H](C)C(=O)NS(=O)(=O)Cc2cccc(C#N)c2)C1. The maximum absolute atomic E-state index is 12.2. The van der Waals surface area contributed by atoms with Gasteiger partial charge in [-0.2, -0.15) is 5.26 Å². The number of carbonyl (C=O) groups excluding carboxylic acids is 1. The molecule has 0 radical (unpaired) electrons. The van der Waals surface area contributed by atoms with E-state index < -0.39 is 22.0 Å². The van der Waals surface area contributed by atoms with Crippen molar-refractivity contribution in [2.75, 3.05) is 0 Å². The van der Waals surface area contributed by atoms with Gasteiger partial charge in [-0.3, -0.25) is 9.52 Å². The summed E-state index contributed by atoms with van der Waals surface area (Å²) in [6.45, 7) is 3.72. The fraction of sp³-hybridized carbons (Fsp3) is 0.556. The fourth-order valence-electron chi connectivity index (χ4n) is 3.07. The first-order valence-electron chi connectivity index (χ1n) is 8.48. The first kappa shape index (κ1) is 19.4. The molecule has 7 heteroatoms. The average Bonchev–Trinajstić information content (AvgIpc) is 2.54. The minimum absolute atomic E-state index is 0.000450. The number of benzene rings is 1. The summed E-state index contributed by atoms with van der Waals surface area (Å²) in [5.41, 5.74) is 0.830. The van der Waals surface area contributed by atoms with Gasteiger partial charge < -0.3 is 4.74 Å². The van der Waals surface area contributed by atoms with E-state index in [0.29, 0.717) is 17.0 Å². The lowest BCUT2D eigenvalue weighted by atomic mass is 9.88. The zero-order valence-corrected chi connectivity index (χ0v) is 15.4. The summed E-state index contributed by atoms with van der Waals surface area (Å²) >= 11 is 0. The van der Waals surface area contributed by atoms with Crippen LogP contribution in [0.4, 0.5) is 0 Å². The van der Waals surface area contributed by atoms with Crippen molar-refractivity contribution in [1.29, 1.82) is 5.26 Å². The summed E-state index contributed by atoms with van der Waals surface area (Å²) < 4.78 is 32.2. The molecule has 1 fully saturated rings. The van der Waals surface area contributed by atoms with Gasteiger partial charge in [0.15, 0.2) is 0 Å². The van der Waals surface area contributed by atoms with Crippen molar-refractivity contribution in [3.8, 4) is 6.07 Å². The number of hydrogen-bond acceptors (Lipinski definition) is 5. The van der Waals surface area contributed by atoms with E-state index in [4.69, 9.17) is 10.00 Å². The highest BCUT2D eigenvalue weighted by molar-refractivity contribution is 7.89. The molecule has 2 rings (SSSR count). The molecule has 25 heavy (non-hydrogen) atoms. The van der Waals surface area contributed by atoms with Gasteiger partial charge in [0.2, 0.25) is 10.0 Å². The molecule has 1 saturated carbocycles. The standard InChI is InChI=1S/C18H24N2O4S/c1-13-5-3-8-17(9-13)24-14(2)18(21)20-25(22,23)12-16-7-4-6-15(10-16)11-19/h4,6-7,10,13-14,17H,3,5,8-9,12H2,1-2H3,(H,20,21)/t13-,14+,17-/m1/s1. The number of amides is 1. The van der Waals surface area contributed by atoms with Crippen LogP contribution in [0.15, 0.2) is 24.3 Å². The van der Waals surface area contributed by atoms with Crippen molar-refractivity contribution in [3.05, 3.63) is 35.4 Å². The number of hydrogen-bond donors (Lipinski definition) is 1. The predicted molar refractivity (Wildman–Crippen MR) is 93.9 cm³/mol. The van der Waals surface area contributed by atoms with Gasteiger partial charge in [0.1, 0.15) is 6.10 Å². The molecule has 1 aromatic carbocycles. The number of ether oxygens (including phenoxy) is 1. The second-order valence-corrected chi connectivity index (χ2v) is 8.43. The first-order chi connectivity index (χ1) is 11.8. The van der Waals surface area contributed by atoms with E-state index in [2.05, 4.69) is 11.6 Å². The van der Waals surface area contributed by atoms with Crippen LogP contribution in [0.2, 0.25) is 0 Å². The van der Waals surface area contributed by atoms with Crippen molar-refractivity contribution in [1.82, 2.24) is 4.72 Å². The highest BCUT2D eigenvalue weighted by Gasteiger charge is 2.26. The Labute approximate surface area is 149 Å². The number of carbonyl (C=O) groups is 1. The molecule has 1 aliphatic rings. The van der Waals surface area contributed by atoms with Crippen molar-refractivity contribution < 1.29 is 17.9 Å². The van der Waals surface area contributed by atoms with E-state index in [1.807, 2.05) is 6.07 Å². The predicted octanol–water partition coefficient (Wildman–Crippen LogP) is 2.49. The molecule has 0 spiro atoms. The molecule has 6 nitrogen and oxygen atoms in total. The number of nitrogens with zero attached hydrogens (tertiary/aromatic N) is 1. The molecule has 0 aliphatic heterocycles. The van der Waals surface area contributed by atoms with Crippen LogP contribution in [-0.2, 0) is 25.3 Å². The topological polar surface area (TPSA) is 96.3 Å². The molecular weight excluding hydrogens is 340 g/mol. The Morgan fingerprint density at radius 3 is 2.88 bits per heavy atom. The van der Waals surface area contributed by atoms with Crippen LogP contribution in [-0.4, -0.2) is 26.5 Å². The lowest BCUT2D eigenvalue weighted by Gasteiger charge is -2.28. The van der Waals surface area contributed by atoms with Crippen LogP contribution < -0.4 is 4.72 Å². The van der Waals surface area contributed by atoms with E-state index >= 15 is 0 Å². The third kappa shape index (κ3) is 6.15. The summed E-state index contributed by atoms with van der Waals surface area (Å²) in [5, 5.41) is 8.87. The summed E-state index contributed by atoms with van der Waals surface area (Å²) in [7, 11) is -3.84. The van der Waals surface area contributed by atoms with Crippen molar-refractivity contribution in [2.24, 2.45) is 5.92 Å². The number of rotatable bonds is 6. The first-order valence-corrected chi connectivity index (χ1v) is 10.1. The molecule has 0 bridgehead atoms. The molecule has 1 N–H and O–H groups in total.